The van der Waals surface area contributed by atoms with Crippen LogP contribution in [0.3, 0.4) is 0 Å². The van der Waals surface area contributed by atoms with E-state index in [1.807, 2.05) is 0 Å². The summed E-state index contributed by atoms with van der Waals surface area (Å²) < 4.78 is 24.7. The Hall–Kier alpha value is -3.13. The summed E-state index contributed by atoms with van der Waals surface area (Å²) in [7, 11) is -3.34. The molecule has 1 aliphatic rings. The number of rotatable bonds is 7. The zero-order valence-corrected chi connectivity index (χ0v) is 16.1. The highest BCUT2D eigenvalue weighted by atomic mass is 32.2. The van der Waals surface area contributed by atoms with Crippen molar-refractivity contribution in [2.75, 3.05) is 16.3 Å². The van der Waals surface area contributed by atoms with Gasteiger partial charge in [-0.2, -0.15) is 0 Å². The van der Waals surface area contributed by atoms with Crippen LogP contribution in [0.25, 0.3) is 6.08 Å². The Labute approximate surface area is 163 Å². The number of benzene rings is 2. The number of carbonyl (C=O) groups excluding carboxylic acids is 2. The lowest BCUT2D eigenvalue weighted by Crippen LogP contribution is -2.25. The maximum absolute atomic E-state index is 12.0. The van der Waals surface area contributed by atoms with E-state index < -0.39 is 10.0 Å². The van der Waals surface area contributed by atoms with E-state index in [2.05, 4.69) is 15.4 Å². The van der Waals surface area contributed by atoms with Gasteiger partial charge in [0.15, 0.2) is 0 Å². The quantitative estimate of drug-likeness (QED) is 0.623. The number of hydrogen-bond donors (Lipinski definition) is 3. The van der Waals surface area contributed by atoms with E-state index in [-0.39, 0.29) is 11.8 Å². The molecule has 7 nitrogen and oxygen atoms in total. The summed E-state index contributed by atoms with van der Waals surface area (Å²) in [6.07, 6.45) is 6.19. The van der Waals surface area contributed by atoms with Gasteiger partial charge >= 0.3 is 0 Å². The molecule has 0 heterocycles. The van der Waals surface area contributed by atoms with Crippen molar-refractivity contribution in [2.45, 2.75) is 18.9 Å². The van der Waals surface area contributed by atoms with Gasteiger partial charge in [0.1, 0.15) is 0 Å². The van der Waals surface area contributed by atoms with Crippen molar-refractivity contribution in [1.29, 1.82) is 0 Å². The van der Waals surface area contributed by atoms with E-state index in [1.165, 1.54) is 6.08 Å². The lowest BCUT2D eigenvalue weighted by molar-refractivity contribution is -0.111. The van der Waals surface area contributed by atoms with Gasteiger partial charge in [-0.15, -0.1) is 0 Å². The Morgan fingerprint density at radius 2 is 1.57 bits per heavy atom. The van der Waals surface area contributed by atoms with Gasteiger partial charge in [-0.25, -0.2) is 8.42 Å². The molecule has 0 bridgehead atoms. The molecule has 1 fully saturated rings. The molecule has 0 atom stereocenters. The van der Waals surface area contributed by atoms with Crippen LogP contribution in [0.15, 0.2) is 54.6 Å². The van der Waals surface area contributed by atoms with Gasteiger partial charge in [0.25, 0.3) is 5.91 Å². The molecular weight excluding hydrogens is 378 g/mol. The summed E-state index contributed by atoms with van der Waals surface area (Å²) in [6.45, 7) is 0. The fourth-order valence-corrected chi connectivity index (χ4v) is 3.00. The molecule has 1 saturated carbocycles. The van der Waals surface area contributed by atoms with Crippen LogP contribution in [-0.2, 0) is 14.8 Å². The highest BCUT2D eigenvalue weighted by Crippen LogP contribution is 2.19. The zero-order chi connectivity index (χ0) is 20.1. The second kappa shape index (κ2) is 8.26. The minimum Gasteiger partial charge on any atom is -0.349 e. The number of carbonyl (C=O) groups is 2. The van der Waals surface area contributed by atoms with E-state index in [0.717, 1.165) is 24.7 Å². The Morgan fingerprint density at radius 1 is 0.964 bits per heavy atom. The molecule has 3 rings (SSSR count). The first kappa shape index (κ1) is 19.6. The van der Waals surface area contributed by atoms with Gasteiger partial charge in [-0.3, -0.25) is 14.3 Å². The van der Waals surface area contributed by atoms with Crippen LogP contribution in [0.4, 0.5) is 11.4 Å². The van der Waals surface area contributed by atoms with Gasteiger partial charge in [-0.1, -0.05) is 12.1 Å². The van der Waals surface area contributed by atoms with Crippen LogP contribution in [-0.4, -0.2) is 32.5 Å². The molecule has 146 valence electrons. The largest absolute Gasteiger partial charge is 0.349 e. The molecule has 3 N–H and O–H groups in total. The van der Waals surface area contributed by atoms with E-state index in [9.17, 15) is 18.0 Å². The smallest absolute Gasteiger partial charge is 0.251 e. The first-order valence-electron chi connectivity index (χ1n) is 8.76. The van der Waals surface area contributed by atoms with Crippen molar-refractivity contribution in [2.24, 2.45) is 0 Å². The van der Waals surface area contributed by atoms with Gasteiger partial charge < -0.3 is 10.6 Å². The molecule has 1 aliphatic carbocycles. The van der Waals surface area contributed by atoms with E-state index >= 15 is 0 Å². The van der Waals surface area contributed by atoms with Crippen molar-refractivity contribution in [3.05, 3.63) is 65.7 Å². The molecule has 0 aromatic heterocycles. The highest BCUT2D eigenvalue weighted by molar-refractivity contribution is 7.92. The number of anilines is 2. The molecule has 0 unspecified atom stereocenters. The van der Waals surface area contributed by atoms with Crippen LogP contribution in [0.1, 0.15) is 28.8 Å². The number of sulfonamides is 1. The SMILES string of the molecule is CS(=O)(=O)Nc1ccc(NC(=O)/C=C/c2ccc(C(=O)NC3CC3)cc2)cc1. The normalized spacial score (nSPS) is 13.9. The summed E-state index contributed by atoms with van der Waals surface area (Å²) in [6, 6.07) is 13.6. The Bertz CT molecular complexity index is 993. The predicted octanol–water partition coefficient (Wildman–Crippen LogP) is 2.60. The van der Waals surface area contributed by atoms with Crippen LogP contribution in [0.2, 0.25) is 0 Å². The third-order valence-corrected chi connectivity index (χ3v) is 4.57. The Morgan fingerprint density at radius 3 is 2.14 bits per heavy atom. The minimum absolute atomic E-state index is 0.0791. The maximum Gasteiger partial charge on any atom is 0.251 e. The number of hydrogen-bond acceptors (Lipinski definition) is 4. The molecule has 2 amide bonds. The summed E-state index contributed by atoms with van der Waals surface area (Å²) in [5.41, 5.74) is 2.35. The van der Waals surface area contributed by atoms with E-state index in [1.54, 1.807) is 54.6 Å². The fourth-order valence-electron chi connectivity index (χ4n) is 2.43. The van der Waals surface area contributed by atoms with E-state index in [0.29, 0.717) is 23.0 Å². The van der Waals surface area contributed by atoms with Crippen LogP contribution in [0, 0.1) is 0 Å². The lowest BCUT2D eigenvalue weighted by Gasteiger charge is -2.06. The average Bonchev–Trinajstić information content (AvgIpc) is 3.45. The zero-order valence-electron chi connectivity index (χ0n) is 15.3. The van der Waals surface area contributed by atoms with Crippen LogP contribution >= 0.6 is 0 Å². The number of nitrogens with one attached hydrogen (secondary N) is 3. The molecular formula is C20H21N3O4S. The van der Waals surface area contributed by atoms with Crippen molar-refractivity contribution in [3.63, 3.8) is 0 Å². The first-order chi connectivity index (χ1) is 13.3. The summed E-state index contributed by atoms with van der Waals surface area (Å²) in [5, 5.41) is 5.62. The molecule has 28 heavy (non-hydrogen) atoms. The lowest BCUT2D eigenvalue weighted by atomic mass is 10.1. The van der Waals surface area contributed by atoms with Crippen molar-refractivity contribution >= 4 is 39.3 Å². The average molecular weight is 399 g/mol. The van der Waals surface area contributed by atoms with Crippen molar-refractivity contribution in [3.8, 4) is 0 Å². The molecule has 0 radical (unpaired) electrons. The van der Waals surface area contributed by atoms with Crippen molar-refractivity contribution < 1.29 is 18.0 Å². The van der Waals surface area contributed by atoms with Crippen molar-refractivity contribution in [1.82, 2.24) is 5.32 Å². The Balaban J connectivity index is 1.53. The molecule has 0 spiro atoms. The minimum atomic E-state index is -3.34. The van der Waals surface area contributed by atoms with Gasteiger partial charge in [0, 0.05) is 29.1 Å². The summed E-state index contributed by atoms with van der Waals surface area (Å²) in [5.74, 6) is -0.399. The van der Waals surface area contributed by atoms with Crippen LogP contribution < -0.4 is 15.4 Å². The maximum atomic E-state index is 12.0. The van der Waals surface area contributed by atoms with Gasteiger partial charge in [0.05, 0.1) is 6.26 Å². The second-order valence-electron chi connectivity index (χ2n) is 6.64. The monoisotopic (exact) mass is 399 g/mol. The second-order valence-corrected chi connectivity index (χ2v) is 8.39. The van der Waals surface area contributed by atoms with Gasteiger partial charge in [-0.05, 0) is 60.9 Å². The standard InChI is InChI=1S/C20H21N3O4S/c1-28(26,27)23-18-11-9-16(10-12-18)21-19(24)13-4-14-2-5-15(6-3-14)20(25)22-17-7-8-17/h2-6,9-13,17,23H,7-8H2,1H3,(H,21,24)(H,22,25)/b13-4+. The highest BCUT2D eigenvalue weighted by Gasteiger charge is 2.23. The third kappa shape index (κ3) is 6.24. The Kier molecular flexibility index (Phi) is 5.79. The summed E-state index contributed by atoms with van der Waals surface area (Å²) >= 11 is 0. The summed E-state index contributed by atoms with van der Waals surface area (Å²) in [4.78, 5) is 24.0. The van der Waals surface area contributed by atoms with Gasteiger partial charge in [0.2, 0.25) is 15.9 Å². The fraction of sp³-hybridized carbons (Fsp3) is 0.200. The first-order valence-corrected chi connectivity index (χ1v) is 10.7. The van der Waals surface area contributed by atoms with E-state index in [4.69, 9.17) is 0 Å². The molecule has 8 heteroatoms. The van der Waals surface area contributed by atoms with Crippen LogP contribution in [0.5, 0.6) is 0 Å². The number of amides is 2. The predicted molar refractivity (Wildman–Crippen MR) is 110 cm³/mol. The third-order valence-electron chi connectivity index (χ3n) is 3.97. The molecule has 0 aliphatic heterocycles. The topological polar surface area (TPSA) is 104 Å². The molecule has 2 aromatic carbocycles. The molecule has 2 aromatic rings. The molecule has 0 saturated heterocycles.